The van der Waals surface area contributed by atoms with Gasteiger partial charge >= 0.3 is 0 Å². The quantitative estimate of drug-likeness (QED) is 0.415. The van der Waals surface area contributed by atoms with Crippen molar-refractivity contribution in [1.82, 2.24) is 9.88 Å². The zero-order valence-corrected chi connectivity index (χ0v) is 19.8. The molecule has 2 heterocycles. The van der Waals surface area contributed by atoms with Crippen LogP contribution in [0.5, 0.6) is 0 Å². The minimum atomic E-state index is -0.261. The number of rotatable bonds is 7. The molecule has 2 aromatic carbocycles. The molecular weight excluding hydrogens is 448 g/mol. The average molecular weight is 475 g/mol. The number of thiazole rings is 1. The van der Waals surface area contributed by atoms with Crippen LogP contribution in [0, 0.1) is 0 Å². The van der Waals surface area contributed by atoms with Crippen LogP contribution in [0.25, 0.3) is 6.08 Å². The minimum Gasteiger partial charge on any atom is -0.368 e. The molecule has 3 aromatic rings. The Morgan fingerprint density at radius 2 is 1.71 bits per heavy atom. The second kappa shape index (κ2) is 10.9. The summed E-state index contributed by atoms with van der Waals surface area (Å²) in [5.41, 5.74) is 3.35. The first kappa shape index (κ1) is 23.4. The number of piperazine rings is 1. The van der Waals surface area contributed by atoms with Gasteiger partial charge in [-0.3, -0.25) is 19.7 Å². The van der Waals surface area contributed by atoms with Gasteiger partial charge in [-0.25, -0.2) is 4.98 Å². The van der Waals surface area contributed by atoms with E-state index >= 15 is 0 Å². The number of nitrogens with one attached hydrogen (secondary N) is 1. The predicted octanol–water partition coefficient (Wildman–Crippen LogP) is 3.89. The molecule has 4 rings (SSSR count). The Balaban J connectivity index is 1.25. The van der Waals surface area contributed by atoms with E-state index in [2.05, 4.69) is 15.2 Å². The van der Waals surface area contributed by atoms with Crippen LogP contribution in [0.2, 0.25) is 0 Å². The van der Waals surface area contributed by atoms with Gasteiger partial charge in [-0.2, -0.15) is 0 Å². The molecule has 174 valence electrons. The van der Waals surface area contributed by atoms with Crippen LogP contribution in [-0.4, -0.2) is 53.7 Å². The van der Waals surface area contributed by atoms with E-state index in [9.17, 15) is 14.4 Å². The molecular formula is C26H26N4O3S. The van der Waals surface area contributed by atoms with E-state index in [0.29, 0.717) is 29.5 Å². The molecule has 1 aliphatic rings. The van der Waals surface area contributed by atoms with Crippen LogP contribution in [-0.2, 0) is 16.0 Å². The Kier molecular flexibility index (Phi) is 7.49. The van der Waals surface area contributed by atoms with Crippen molar-refractivity contribution < 1.29 is 14.4 Å². The monoisotopic (exact) mass is 474 g/mol. The number of amides is 2. The van der Waals surface area contributed by atoms with E-state index in [-0.39, 0.29) is 24.0 Å². The average Bonchev–Trinajstić information content (AvgIpc) is 3.30. The predicted molar refractivity (Wildman–Crippen MR) is 135 cm³/mol. The van der Waals surface area contributed by atoms with Crippen LogP contribution in [0.15, 0.2) is 66.1 Å². The van der Waals surface area contributed by atoms with Crippen molar-refractivity contribution in [2.75, 3.05) is 36.4 Å². The van der Waals surface area contributed by atoms with Gasteiger partial charge in [0, 0.05) is 48.9 Å². The van der Waals surface area contributed by atoms with E-state index in [1.54, 1.807) is 18.4 Å². The highest BCUT2D eigenvalue weighted by molar-refractivity contribution is 7.14. The SMILES string of the molecule is CC(=O)c1ccc(N2CCN(C(=O)Cc3csc(NC(=O)/C=C/c4ccccc4)n3)CC2)cc1. The van der Waals surface area contributed by atoms with Gasteiger partial charge in [0.15, 0.2) is 10.9 Å². The van der Waals surface area contributed by atoms with Gasteiger partial charge in [0.25, 0.3) is 0 Å². The molecule has 0 atom stereocenters. The number of nitrogens with zero attached hydrogens (tertiary/aromatic N) is 3. The molecule has 1 aromatic heterocycles. The number of carbonyl (C=O) groups is 3. The zero-order valence-electron chi connectivity index (χ0n) is 18.9. The van der Waals surface area contributed by atoms with Crippen molar-refractivity contribution in [3.8, 4) is 0 Å². The number of benzene rings is 2. The third-order valence-corrected chi connectivity index (χ3v) is 6.42. The number of hydrogen-bond donors (Lipinski definition) is 1. The number of hydrogen-bond acceptors (Lipinski definition) is 6. The summed E-state index contributed by atoms with van der Waals surface area (Å²) in [6, 6.07) is 17.2. The normalized spacial score (nSPS) is 13.8. The van der Waals surface area contributed by atoms with E-state index in [0.717, 1.165) is 24.3 Å². The van der Waals surface area contributed by atoms with Gasteiger partial charge in [-0.15, -0.1) is 11.3 Å². The standard InChI is InChI=1S/C26H26N4O3S/c1-19(31)21-8-10-23(11-9-21)29-13-15-30(16-14-29)25(33)17-22-18-34-26(27-22)28-24(32)12-7-20-5-3-2-4-6-20/h2-12,18H,13-17H2,1H3,(H,27,28,32)/b12-7+. The van der Waals surface area contributed by atoms with Crippen LogP contribution in [0.1, 0.15) is 28.5 Å². The summed E-state index contributed by atoms with van der Waals surface area (Å²) in [6.07, 6.45) is 3.42. The number of ketones is 1. The molecule has 0 spiro atoms. The highest BCUT2D eigenvalue weighted by Gasteiger charge is 2.22. The van der Waals surface area contributed by atoms with E-state index < -0.39 is 0 Å². The Labute approximate surface area is 202 Å². The van der Waals surface area contributed by atoms with Crippen molar-refractivity contribution in [3.05, 3.63) is 82.9 Å². The summed E-state index contributed by atoms with van der Waals surface area (Å²) < 4.78 is 0. The maximum Gasteiger partial charge on any atom is 0.250 e. The molecule has 7 nitrogen and oxygen atoms in total. The molecule has 1 fully saturated rings. The lowest BCUT2D eigenvalue weighted by Crippen LogP contribution is -2.49. The number of anilines is 2. The van der Waals surface area contributed by atoms with Crippen molar-refractivity contribution >= 4 is 45.8 Å². The lowest BCUT2D eigenvalue weighted by atomic mass is 10.1. The van der Waals surface area contributed by atoms with Gasteiger partial charge in [0.05, 0.1) is 12.1 Å². The summed E-state index contributed by atoms with van der Waals surface area (Å²) in [4.78, 5) is 44.8. The topological polar surface area (TPSA) is 82.6 Å². The maximum absolute atomic E-state index is 12.8. The summed E-state index contributed by atoms with van der Waals surface area (Å²) in [6.45, 7) is 4.28. The Hall–Kier alpha value is -3.78. The van der Waals surface area contributed by atoms with Gasteiger partial charge in [-0.1, -0.05) is 30.3 Å². The highest BCUT2D eigenvalue weighted by Crippen LogP contribution is 2.20. The zero-order chi connectivity index (χ0) is 23.9. The second-order valence-corrected chi connectivity index (χ2v) is 8.88. The third kappa shape index (κ3) is 6.17. The largest absolute Gasteiger partial charge is 0.368 e. The van der Waals surface area contributed by atoms with E-state index in [1.165, 1.54) is 17.4 Å². The molecule has 0 saturated carbocycles. The number of aromatic nitrogens is 1. The van der Waals surface area contributed by atoms with Gasteiger partial charge in [0.1, 0.15) is 0 Å². The fourth-order valence-electron chi connectivity index (χ4n) is 3.72. The molecule has 34 heavy (non-hydrogen) atoms. The minimum absolute atomic E-state index is 0.0266. The lowest BCUT2D eigenvalue weighted by Gasteiger charge is -2.36. The van der Waals surface area contributed by atoms with Crippen molar-refractivity contribution in [2.45, 2.75) is 13.3 Å². The van der Waals surface area contributed by atoms with Gasteiger partial charge in [0.2, 0.25) is 11.8 Å². The van der Waals surface area contributed by atoms with Crippen molar-refractivity contribution in [1.29, 1.82) is 0 Å². The van der Waals surface area contributed by atoms with E-state index in [4.69, 9.17) is 0 Å². The molecule has 0 bridgehead atoms. The van der Waals surface area contributed by atoms with Gasteiger partial charge in [-0.05, 0) is 42.8 Å². The molecule has 8 heteroatoms. The lowest BCUT2D eigenvalue weighted by molar-refractivity contribution is -0.130. The first-order chi connectivity index (χ1) is 16.5. The third-order valence-electron chi connectivity index (χ3n) is 5.61. The molecule has 0 aliphatic carbocycles. The van der Waals surface area contributed by atoms with Gasteiger partial charge < -0.3 is 9.80 Å². The Morgan fingerprint density at radius 3 is 2.38 bits per heavy atom. The molecule has 0 radical (unpaired) electrons. The Morgan fingerprint density at radius 1 is 1.00 bits per heavy atom. The van der Waals surface area contributed by atoms with E-state index in [1.807, 2.05) is 59.5 Å². The number of Topliss-reactive ketones (excluding diaryl/α,β-unsaturated/α-hetero) is 1. The smallest absolute Gasteiger partial charge is 0.250 e. The fourth-order valence-corrected chi connectivity index (χ4v) is 4.43. The summed E-state index contributed by atoms with van der Waals surface area (Å²) in [5, 5.41) is 5.03. The first-order valence-electron chi connectivity index (χ1n) is 11.1. The summed E-state index contributed by atoms with van der Waals surface area (Å²) in [5.74, 6) is -0.183. The maximum atomic E-state index is 12.8. The van der Waals surface area contributed by atoms with Crippen molar-refractivity contribution in [2.24, 2.45) is 0 Å². The number of carbonyl (C=O) groups excluding carboxylic acids is 3. The first-order valence-corrected chi connectivity index (χ1v) is 12.0. The molecule has 1 saturated heterocycles. The summed E-state index contributed by atoms with van der Waals surface area (Å²) in [7, 11) is 0. The molecule has 1 aliphatic heterocycles. The van der Waals surface area contributed by atoms with Crippen molar-refractivity contribution in [3.63, 3.8) is 0 Å². The molecule has 1 N–H and O–H groups in total. The highest BCUT2D eigenvalue weighted by atomic mass is 32.1. The van der Waals surface area contributed by atoms with Crippen LogP contribution in [0.4, 0.5) is 10.8 Å². The second-order valence-electron chi connectivity index (χ2n) is 8.02. The molecule has 2 amide bonds. The Bertz CT molecular complexity index is 1180. The van der Waals surface area contributed by atoms with Crippen LogP contribution in [0.3, 0.4) is 0 Å². The fraction of sp³-hybridized carbons (Fsp3) is 0.231. The molecule has 0 unspecified atom stereocenters. The van der Waals surface area contributed by atoms with Crippen LogP contribution >= 0.6 is 11.3 Å². The summed E-state index contributed by atoms with van der Waals surface area (Å²) >= 11 is 1.31. The van der Waals surface area contributed by atoms with Crippen LogP contribution < -0.4 is 10.2 Å².